The fourth-order valence-electron chi connectivity index (χ4n) is 1.56. The number of guanidine groups is 1. The second-order valence-electron chi connectivity index (χ2n) is 4.04. The highest BCUT2D eigenvalue weighted by Gasteiger charge is 2.11. The molecule has 6 nitrogen and oxygen atoms in total. The zero-order chi connectivity index (χ0) is 15.0. The van der Waals surface area contributed by atoms with Gasteiger partial charge in [-0.2, -0.15) is 0 Å². The Morgan fingerprint density at radius 2 is 2.00 bits per heavy atom. The minimum atomic E-state index is 0.456. The van der Waals surface area contributed by atoms with E-state index < -0.39 is 0 Å². The lowest BCUT2D eigenvalue weighted by Gasteiger charge is -2.14. The molecule has 112 valence electrons. The summed E-state index contributed by atoms with van der Waals surface area (Å²) in [7, 11) is 3.12. The SMILES string of the molecule is CCCCN=C(NN)Nc1cc(Cl)c(OC)cc1OC. The highest BCUT2D eigenvalue weighted by atomic mass is 35.5. The third kappa shape index (κ3) is 4.47. The van der Waals surface area contributed by atoms with Crippen LogP contribution in [0.25, 0.3) is 0 Å². The molecule has 0 aliphatic rings. The molecule has 1 aromatic rings. The number of aliphatic imine (C=N–C) groups is 1. The van der Waals surface area contributed by atoms with Crippen molar-refractivity contribution in [1.29, 1.82) is 0 Å². The molecule has 0 radical (unpaired) electrons. The summed E-state index contributed by atoms with van der Waals surface area (Å²) in [4.78, 5) is 4.31. The van der Waals surface area contributed by atoms with Crippen LogP contribution in [0.1, 0.15) is 19.8 Å². The summed E-state index contributed by atoms with van der Waals surface area (Å²) >= 11 is 6.10. The van der Waals surface area contributed by atoms with Crippen LogP contribution in [0.5, 0.6) is 11.5 Å². The first-order chi connectivity index (χ1) is 9.65. The molecule has 0 atom stereocenters. The van der Waals surface area contributed by atoms with Crippen molar-refractivity contribution in [2.75, 3.05) is 26.1 Å². The summed E-state index contributed by atoms with van der Waals surface area (Å²) in [6.07, 6.45) is 2.06. The lowest BCUT2D eigenvalue weighted by Crippen LogP contribution is -2.36. The van der Waals surface area contributed by atoms with Crippen LogP contribution in [0.4, 0.5) is 5.69 Å². The predicted molar refractivity (Wildman–Crippen MR) is 82.7 cm³/mol. The molecule has 0 heterocycles. The first-order valence-corrected chi connectivity index (χ1v) is 6.73. The van der Waals surface area contributed by atoms with Crippen LogP contribution in [0.2, 0.25) is 5.02 Å². The molecular formula is C13H21ClN4O2. The Kier molecular flexibility index (Phi) is 6.97. The van der Waals surface area contributed by atoms with Crippen LogP contribution in [-0.4, -0.2) is 26.7 Å². The molecule has 20 heavy (non-hydrogen) atoms. The summed E-state index contributed by atoms with van der Waals surface area (Å²) in [6, 6.07) is 3.40. The van der Waals surface area contributed by atoms with E-state index in [1.807, 2.05) is 0 Å². The van der Waals surface area contributed by atoms with Crippen molar-refractivity contribution in [2.24, 2.45) is 10.8 Å². The van der Waals surface area contributed by atoms with E-state index in [9.17, 15) is 0 Å². The zero-order valence-corrected chi connectivity index (χ0v) is 12.8. The van der Waals surface area contributed by atoms with Crippen LogP contribution in [0.3, 0.4) is 0 Å². The average Bonchev–Trinajstić information content (AvgIpc) is 2.46. The number of anilines is 1. The Bertz CT molecular complexity index is 466. The van der Waals surface area contributed by atoms with Crippen molar-refractivity contribution in [3.8, 4) is 11.5 Å². The number of nitrogens with one attached hydrogen (secondary N) is 2. The van der Waals surface area contributed by atoms with Crippen molar-refractivity contribution in [2.45, 2.75) is 19.8 Å². The fourth-order valence-corrected chi connectivity index (χ4v) is 1.80. The van der Waals surface area contributed by atoms with Gasteiger partial charge in [0.25, 0.3) is 0 Å². The maximum absolute atomic E-state index is 6.10. The molecular weight excluding hydrogens is 280 g/mol. The van der Waals surface area contributed by atoms with E-state index in [0.29, 0.717) is 34.7 Å². The van der Waals surface area contributed by atoms with Crippen LogP contribution < -0.4 is 26.1 Å². The van der Waals surface area contributed by atoms with Crippen molar-refractivity contribution < 1.29 is 9.47 Å². The fraction of sp³-hybridized carbons (Fsp3) is 0.462. The standard InChI is InChI=1S/C13H21ClN4O2/c1-4-5-6-16-13(18-15)17-10-7-9(14)11(19-2)8-12(10)20-3/h7-8H,4-6,15H2,1-3H3,(H2,16,17,18). The second-order valence-corrected chi connectivity index (χ2v) is 4.45. The molecule has 0 aliphatic heterocycles. The van der Waals surface area contributed by atoms with Gasteiger partial charge >= 0.3 is 0 Å². The molecule has 4 N–H and O–H groups in total. The number of rotatable bonds is 6. The van der Waals surface area contributed by atoms with Gasteiger partial charge in [-0.3, -0.25) is 10.4 Å². The molecule has 0 spiro atoms. The topological polar surface area (TPSA) is 80.9 Å². The van der Waals surface area contributed by atoms with E-state index in [0.717, 1.165) is 12.8 Å². The molecule has 0 saturated carbocycles. The van der Waals surface area contributed by atoms with Gasteiger partial charge in [0.2, 0.25) is 5.96 Å². The first-order valence-electron chi connectivity index (χ1n) is 6.35. The lowest BCUT2D eigenvalue weighted by molar-refractivity contribution is 0.396. The number of methoxy groups -OCH3 is 2. The number of hydrazine groups is 1. The van der Waals surface area contributed by atoms with Crippen LogP contribution in [0, 0.1) is 0 Å². The molecule has 1 aromatic carbocycles. The van der Waals surface area contributed by atoms with Crippen LogP contribution in [-0.2, 0) is 0 Å². The minimum Gasteiger partial charge on any atom is -0.495 e. The summed E-state index contributed by atoms with van der Waals surface area (Å²) in [6.45, 7) is 2.79. The molecule has 0 amide bonds. The summed E-state index contributed by atoms with van der Waals surface area (Å²) < 4.78 is 10.4. The van der Waals surface area contributed by atoms with Gasteiger partial charge in [-0.05, 0) is 12.5 Å². The zero-order valence-electron chi connectivity index (χ0n) is 12.0. The maximum atomic E-state index is 6.10. The van der Waals surface area contributed by atoms with Crippen molar-refractivity contribution in [1.82, 2.24) is 5.43 Å². The van der Waals surface area contributed by atoms with Gasteiger partial charge in [0.15, 0.2) is 0 Å². The Morgan fingerprint density at radius 3 is 2.55 bits per heavy atom. The molecule has 0 unspecified atom stereocenters. The van der Waals surface area contributed by atoms with Gasteiger partial charge in [-0.1, -0.05) is 24.9 Å². The van der Waals surface area contributed by atoms with Crippen molar-refractivity contribution in [3.63, 3.8) is 0 Å². The normalized spacial score (nSPS) is 11.2. The van der Waals surface area contributed by atoms with Crippen LogP contribution >= 0.6 is 11.6 Å². The van der Waals surface area contributed by atoms with E-state index in [1.54, 1.807) is 26.4 Å². The molecule has 0 aromatic heterocycles. The van der Waals surface area contributed by atoms with Gasteiger partial charge < -0.3 is 14.8 Å². The number of ether oxygens (including phenoxy) is 2. The van der Waals surface area contributed by atoms with Crippen molar-refractivity contribution >= 4 is 23.2 Å². The number of hydrogen-bond donors (Lipinski definition) is 3. The Morgan fingerprint density at radius 1 is 1.30 bits per heavy atom. The number of nitrogens with two attached hydrogens (primary N) is 1. The van der Waals surface area contributed by atoms with E-state index in [2.05, 4.69) is 22.7 Å². The van der Waals surface area contributed by atoms with E-state index in [4.69, 9.17) is 26.9 Å². The predicted octanol–water partition coefficient (Wildman–Crippen LogP) is 2.39. The van der Waals surface area contributed by atoms with Crippen molar-refractivity contribution in [3.05, 3.63) is 17.2 Å². The Hall–Kier alpha value is -1.66. The number of benzene rings is 1. The van der Waals surface area contributed by atoms with E-state index >= 15 is 0 Å². The van der Waals surface area contributed by atoms with Gasteiger partial charge in [0, 0.05) is 12.6 Å². The van der Waals surface area contributed by atoms with Gasteiger partial charge in [-0.25, -0.2) is 5.84 Å². The third-order valence-electron chi connectivity index (χ3n) is 2.65. The number of nitrogens with zero attached hydrogens (tertiary/aromatic N) is 1. The Labute approximate surface area is 124 Å². The van der Waals surface area contributed by atoms with E-state index in [-0.39, 0.29) is 0 Å². The molecule has 0 bridgehead atoms. The first kappa shape index (κ1) is 16.4. The van der Waals surface area contributed by atoms with E-state index in [1.165, 1.54) is 0 Å². The lowest BCUT2D eigenvalue weighted by atomic mass is 10.2. The molecule has 0 fully saturated rings. The molecule has 7 heteroatoms. The third-order valence-corrected chi connectivity index (χ3v) is 2.94. The largest absolute Gasteiger partial charge is 0.495 e. The van der Waals surface area contributed by atoms with Gasteiger partial charge in [0.05, 0.1) is 24.9 Å². The Balaban J connectivity index is 2.94. The number of halogens is 1. The quantitative estimate of drug-likeness (QED) is 0.247. The molecule has 0 aliphatic carbocycles. The highest BCUT2D eigenvalue weighted by Crippen LogP contribution is 2.35. The smallest absolute Gasteiger partial charge is 0.210 e. The van der Waals surface area contributed by atoms with Gasteiger partial charge in [0.1, 0.15) is 11.5 Å². The summed E-state index contributed by atoms with van der Waals surface area (Å²) in [5.74, 6) is 7.03. The molecule has 0 saturated heterocycles. The monoisotopic (exact) mass is 300 g/mol. The summed E-state index contributed by atoms with van der Waals surface area (Å²) in [5.41, 5.74) is 3.18. The second kappa shape index (κ2) is 8.50. The number of hydrogen-bond acceptors (Lipinski definition) is 4. The van der Waals surface area contributed by atoms with Gasteiger partial charge in [-0.15, -0.1) is 0 Å². The molecule has 1 rings (SSSR count). The average molecular weight is 301 g/mol. The van der Waals surface area contributed by atoms with Crippen LogP contribution in [0.15, 0.2) is 17.1 Å². The summed E-state index contributed by atoms with van der Waals surface area (Å²) in [5, 5.41) is 3.52. The highest BCUT2D eigenvalue weighted by molar-refractivity contribution is 6.32. The number of unbranched alkanes of at least 4 members (excludes halogenated alkanes) is 1. The maximum Gasteiger partial charge on any atom is 0.210 e. The minimum absolute atomic E-state index is 0.456.